The third-order valence-electron chi connectivity index (χ3n) is 9.01. The van der Waals surface area contributed by atoms with Crippen LogP contribution in [0.15, 0.2) is 60.7 Å². The van der Waals surface area contributed by atoms with Crippen LogP contribution in [0.4, 0.5) is 0 Å². The van der Waals surface area contributed by atoms with E-state index in [-0.39, 0.29) is 19.8 Å². The Bertz CT molecular complexity index is 1350. The summed E-state index contributed by atoms with van der Waals surface area (Å²) < 4.78 is 67.9. The van der Waals surface area contributed by atoms with Crippen molar-refractivity contribution in [3.63, 3.8) is 0 Å². The lowest BCUT2D eigenvalue weighted by molar-refractivity contribution is -0.395. The maximum Gasteiger partial charge on any atom is 0.199 e. The highest BCUT2D eigenvalue weighted by Gasteiger charge is 2.66. The zero-order chi connectivity index (χ0) is 33.0. The van der Waals surface area contributed by atoms with Gasteiger partial charge in [-0.1, -0.05) is 60.7 Å². The molecule has 0 radical (unpaired) electrons. The van der Waals surface area contributed by atoms with E-state index < -0.39 is 82.9 Å². The van der Waals surface area contributed by atoms with Gasteiger partial charge in [0.2, 0.25) is 0 Å². The second kappa shape index (κ2) is 13.4. The first-order valence-electron chi connectivity index (χ1n) is 16.0. The highest BCUT2D eigenvalue weighted by Crippen LogP contribution is 2.49. The van der Waals surface area contributed by atoms with Gasteiger partial charge in [0.25, 0.3) is 0 Å². The smallest absolute Gasteiger partial charge is 0.199 e. The van der Waals surface area contributed by atoms with Gasteiger partial charge in [-0.25, -0.2) is 0 Å². The molecule has 0 bridgehead atoms. The van der Waals surface area contributed by atoms with E-state index in [9.17, 15) is 5.11 Å². The van der Waals surface area contributed by atoms with Gasteiger partial charge in [0.1, 0.15) is 48.8 Å². The van der Waals surface area contributed by atoms with E-state index in [1.54, 1.807) is 13.8 Å². The largest absolute Gasteiger partial charge is 0.372 e. The fourth-order valence-corrected chi connectivity index (χ4v) is 7.63. The number of halogens is 1. The van der Waals surface area contributed by atoms with Crippen LogP contribution in [-0.4, -0.2) is 102 Å². The van der Waals surface area contributed by atoms with Crippen molar-refractivity contribution in [2.45, 2.75) is 117 Å². The monoisotopic (exact) mass is 770 g/mol. The minimum Gasteiger partial charge on any atom is -0.372 e. The van der Waals surface area contributed by atoms with Crippen LogP contribution in [0.1, 0.15) is 45.1 Å². The van der Waals surface area contributed by atoms with Crippen LogP contribution < -0.4 is 0 Å². The second-order valence-electron chi connectivity index (χ2n) is 13.4. The summed E-state index contributed by atoms with van der Waals surface area (Å²) in [6, 6.07) is 19.5. The Balaban J connectivity index is 1.20. The van der Waals surface area contributed by atoms with Gasteiger partial charge >= 0.3 is 0 Å². The number of fused-ring (bicyclic) bond motifs is 2. The standard InChI is InChI=1S/C34H43IO12/c1-32(2)40-18-22(45-32)24-26-28(47-33(3,4)46-26)34(35,36)31(43-24)44-27-25(38-16-19-12-8-6-9-13-19)23-21(41-30(27)37-5)17-39-29(42-23)20-14-10-7-11-15-20/h6-15,21-31,36H,16-18H2,1-5H3/t21-,22?,23-,24-,25+,26+,27-,28+,29?,30+,31+,34+/m1/s1. The van der Waals surface area contributed by atoms with Crippen LogP contribution >= 0.6 is 22.6 Å². The molecule has 12 atom stereocenters. The lowest BCUT2D eigenvalue weighted by Gasteiger charge is -2.51. The Morgan fingerprint density at radius 3 is 2.19 bits per heavy atom. The first-order chi connectivity index (χ1) is 22.4. The molecule has 258 valence electrons. The fourth-order valence-electron chi connectivity index (χ4n) is 6.86. The SMILES string of the molecule is CO[C@H]1O[C@@H]2COC(c3ccccc3)O[C@H]2[C@H](OCc2ccccc2)[C@H]1O[C@@H]1O[C@H](C2COC(C)(C)O2)[C@@H]2OC(C)(C)O[C@@H]2[C@@]1(O)I. The summed E-state index contributed by atoms with van der Waals surface area (Å²) in [5, 5.41) is 12.1. The Morgan fingerprint density at radius 1 is 0.787 bits per heavy atom. The molecule has 2 aromatic carbocycles. The quantitative estimate of drug-likeness (QED) is 0.309. The molecule has 47 heavy (non-hydrogen) atoms. The molecule has 7 rings (SSSR count). The van der Waals surface area contributed by atoms with E-state index in [4.69, 9.17) is 52.1 Å². The molecule has 2 aromatic rings. The summed E-state index contributed by atoms with van der Waals surface area (Å²) in [7, 11) is 1.53. The molecule has 0 amide bonds. The molecule has 0 aliphatic carbocycles. The predicted molar refractivity (Wildman–Crippen MR) is 172 cm³/mol. The minimum absolute atomic E-state index is 0.249. The minimum atomic E-state index is -1.69. The molecule has 0 aromatic heterocycles. The third kappa shape index (κ3) is 7.02. The average molecular weight is 771 g/mol. The molecule has 0 spiro atoms. The molecule has 0 saturated carbocycles. The average Bonchev–Trinajstić information content (AvgIpc) is 3.60. The van der Waals surface area contributed by atoms with Crippen LogP contribution in [0.25, 0.3) is 0 Å². The lowest BCUT2D eigenvalue weighted by Crippen LogP contribution is -2.69. The Morgan fingerprint density at radius 2 is 1.51 bits per heavy atom. The molecule has 5 fully saturated rings. The first-order valence-corrected chi connectivity index (χ1v) is 17.1. The molecule has 1 N–H and O–H groups in total. The van der Waals surface area contributed by atoms with Crippen LogP contribution in [0.5, 0.6) is 0 Å². The maximum absolute atomic E-state index is 12.1. The summed E-state index contributed by atoms with van der Waals surface area (Å²) in [4.78, 5) is 0. The number of benzene rings is 2. The van der Waals surface area contributed by atoms with E-state index >= 15 is 0 Å². The number of hydrogen-bond acceptors (Lipinski definition) is 12. The molecular formula is C34H43IO12. The topological polar surface area (TPSA) is 122 Å². The van der Waals surface area contributed by atoms with E-state index in [2.05, 4.69) is 0 Å². The molecule has 12 nitrogen and oxygen atoms in total. The summed E-state index contributed by atoms with van der Waals surface area (Å²) in [6.07, 6.45) is -8.22. The molecule has 5 heterocycles. The van der Waals surface area contributed by atoms with Crippen molar-refractivity contribution in [1.29, 1.82) is 0 Å². The van der Waals surface area contributed by atoms with Gasteiger partial charge in [-0.2, -0.15) is 0 Å². The van der Waals surface area contributed by atoms with E-state index in [0.717, 1.165) is 11.1 Å². The number of hydrogen-bond donors (Lipinski definition) is 1. The maximum atomic E-state index is 12.1. The summed E-state index contributed by atoms with van der Waals surface area (Å²) >= 11 is 1.92. The number of aliphatic hydroxyl groups is 1. The number of ether oxygens (including phenoxy) is 11. The van der Waals surface area contributed by atoms with Crippen molar-refractivity contribution in [3.05, 3.63) is 71.8 Å². The molecule has 5 saturated heterocycles. The first kappa shape index (κ1) is 34.2. The van der Waals surface area contributed by atoms with Crippen molar-refractivity contribution >= 4 is 22.6 Å². The highest BCUT2D eigenvalue weighted by molar-refractivity contribution is 14.1. The van der Waals surface area contributed by atoms with E-state index in [1.807, 2.05) is 97.1 Å². The van der Waals surface area contributed by atoms with Gasteiger partial charge in [-0.3, -0.25) is 0 Å². The van der Waals surface area contributed by atoms with Crippen LogP contribution in [0.2, 0.25) is 0 Å². The number of methoxy groups -OCH3 is 1. The highest BCUT2D eigenvalue weighted by atomic mass is 127. The van der Waals surface area contributed by atoms with Gasteiger partial charge in [0, 0.05) is 12.7 Å². The van der Waals surface area contributed by atoms with Gasteiger partial charge in [0.15, 0.2) is 34.1 Å². The summed E-state index contributed by atoms with van der Waals surface area (Å²) in [6.45, 7) is 8.08. The van der Waals surface area contributed by atoms with Crippen molar-refractivity contribution < 1.29 is 57.2 Å². The Kier molecular flexibility index (Phi) is 9.76. The van der Waals surface area contributed by atoms with Gasteiger partial charge < -0.3 is 57.2 Å². The zero-order valence-corrected chi connectivity index (χ0v) is 29.2. The fraction of sp³-hybridized carbons (Fsp3) is 0.647. The van der Waals surface area contributed by atoms with Crippen LogP contribution in [0.3, 0.4) is 0 Å². The van der Waals surface area contributed by atoms with Crippen LogP contribution in [0, 0.1) is 0 Å². The number of alkyl halides is 1. The van der Waals surface area contributed by atoms with Crippen molar-refractivity contribution in [1.82, 2.24) is 0 Å². The molecule has 2 unspecified atom stereocenters. The van der Waals surface area contributed by atoms with Gasteiger partial charge in [-0.05, 0) is 55.8 Å². The van der Waals surface area contributed by atoms with Gasteiger partial charge in [-0.15, -0.1) is 0 Å². The van der Waals surface area contributed by atoms with Crippen molar-refractivity contribution in [2.75, 3.05) is 20.3 Å². The second-order valence-corrected chi connectivity index (χ2v) is 15.1. The van der Waals surface area contributed by atoms with Crippen molar-refractivity contribution in [3.8, 4) is 0 Å². The van der Waals surface area contributed by atoms with E-state index in [0.29, 0.717) is 0 Å². The normalized spacial score (nSPS) is 42.5. The van der Waals surface area contributed by atoms with Gasteiger partial charge in [0.05, 0.1) is 19.8 Å². The third-order valence-corrected chi connectivity index (χ3v) is 10.1. The van der Waals surface area contributed by atoms with Crippen LogP contribution in [-0.2, 0) is 58.7 Å². The molecule has 13 heteroatoms. The molecule has 5 aliphatic rings. The van der Waals surface area contributed by atoms with Crippen molar-refractivity contribution in [2.24, 2.45) is 0 Å². The number of rotatable bonds is 8. The lowest BCUT2D eigenvalue weighted by atomic mass is 9.94. The molecular weight excluding hydrogens is 727 g/mol. The Hall–Kier alpha value is -1.31. The Labute approximate surface area is 288 Å². The van der Waals surface area contributed by atoms with E-state index in [1.165, 1.54) is 7.11 Å². The summed E-state index contributed by atoms with van der Waals surface area (Å²) in [5.41, 5.74) is 1.84. The summed E-state index contributed by atoms with van der Waals surface area (Å²) in [5.74, 6) is -1.80. The zero-order valence-electron chi connectivity index (χ0n) is 27.1. The predicted octanol–water partition coefficient (Wildman–Crippen LogP) is 3.96. The molecule has 5 aliphatic heterocycles.